The summed E-state index contributed by atoms with van der Waals surface area (Å²) < 4.78 is 23.9. The lowest BCUT2D eigenvalue weighted by atomic mass is 10.1. The number of hydrazone groups is 1. The number of methoxy groups -OCH3 is 3. The first-order valence-electron chi connectivity index (χ1n) is 9.19. The average Bonchev–Trinajstić information content (AvgIpc) is 3.37. The molecule has 0 saturated heterocycles. The molecule has 0 bridgehead atoms. The van der Waals surface area contributed by atoms with Crippen molar-refractivity contribution in [3.63, 3.8) is 0 Å². The van der Waals surface area contributed by atoms with Gasteiger partial charge in [0.2, 0.25) is 18.0 Å². The molecule has 1 amide bonds. The molecule has 0 radical (unpaired) electrons. The lowest BCUT2D eigenvalue weighted by molar-refractivity contribution is -0.135. The van der Waals surface area contributed by atoms with Crippen LogP contribution in [0.25, 0.3) is 11.0 Å². The number of fused-ring (bicyclic) bond motifs is 1. The first-order valence-corrected chi connectivity index (χ1v) is 9.19. The number of carbonyl (C=O) groups excluding carboxylic acids is 1. The zero-order valence-corrected chi connectivity index (χ0v) is 17.0. The maximum Gasteiger partial charge on any atom is 0.244 e. The van der Waals surface area contributed by atoms with Gasteiger partial charge in [-0.3, -0.25) is 4.79 Å². The van der Waals surface area contributed by atoms with Gasteiger partial charge in [-0.1, -0.05) is 17.3 Å². The highest BCUT2D eigenvalue weighted by atomic mass is 16.5. The highest BCUT2D eigenvalue weighted by Gasteiger charge is 2.34. The van der Waals surface area contributed by atoms with Gasteiger partial charge in [0.1, 0.15) is 17.8 Å². The predicted molar refractivity (Wildman–Crippen MR) is 108 cm³/mol. The summed E-state index contributed by atoms with van der Waals surface area (Å²) in [6, 6.07) is 10.9. The SMILES string of the molecule is COc1cc(OC)c(C2=NN(C(C)=O)[C@@H](Cn3nnc4ccccc43)O2)cc1OC. The lowest BCUT2D eigenvalue weighted by Crippen LogP contribution is -2.35. The van der Waals surface area contributed by atoms with Crippen LogP contribution in [0.2, 0.25) is 0 Å². The van der Waals surface area contributed by atoms with Gasteiger partial charge in [0, 0.05) is 19.1 Å². The number of benzene rings is 2. The van der Waals surface area contributed by atoms with Gasteiger partial charge < -0.3 is 18.9 Å². The fraction of sp³-hybridized carbons (Fsp3) is 0.300. The highest BCUT2D eigenvalue weighted by Crippen LogP contribution is 2.36. The zero-order chi connectivity index (χ0) is 21.3. The summed E-state index contributed by atoms with van der Waals surface area (Å²) in [6.45, 7) is 1.68. The number of para-hydroxylation sites is 1. The Morgan fingerprint density at radius 3 is 2.47 bits per heavy atom. The summed E-state index contributed by atoms with van der Waals surface area (Å²) in [5.41, 5.74) is 2.13. The molecule has 0 aliphatic carbocycles. The Kier molecular flexibility index (Phi) is 5.13. The molecule has 2 aromatic carbocycles. The van der Waals surface area contributed by atoms with E-state index in [1.165, 1.54) is 33.3 Å². The van der Waals surface area contributed by atoms with Crippen LogP contribution in [-0.2, 0) is 16.1 Å². The van der Waals surface area contributed by atoms with Crippen molar-refractivity contribution in [2.75, 3.05) is 21.3 Å². The molecular formula is C20H21N5O5. The number of hydrogen-bond donors (Lipinski definition) is 0. The Bertz CT molecular complexity index is 1130. The van der Waals surface area contributed by atoms with Crippen LogP contribution in [-0.4, -0.2) is 59.4 Å². The van der Waals surface area contributed by atoms with E-state index < -0.39 is 6.23 Å². The Balaban J connectivity index is 1.68. The Morgan fingerprint density at radius 2 is 1.77 bits per heavy atom. The highest BCUT2D eigenvalue weighted by molar-refractivity contribution is 5.99. The maximum absolute atomic E-state index is 12.2. The second-order valence-electron chi connectivity index (χ2n) is 6.51. The minimum absolute atomic E-state index is 0.234. The summed E-state index contributed by atoms with van der Waals surface area (Å²) in [5, 5.41) is 14.0. The quantitative estimate of drug-likeness (QED) is 0.612. The zero-order valence-electron chi connectivity index (χ0n) is 17.0. The molecule has 1 atom stereocenters. The Hall–Kier alpha value is -3.82. The predicted octanol–water partition coefficient (Wildman–Crippen LogP) is 2.02. The fourth-order valence-electron chi connectivity index (χ4n) is 3.27. The fourth-order valence-corrected chi connectivity index (χ4v) is 3.27. The Labute approximate surface area is 172 Å². The molecule has 1 aliphatic heterocycles. The number of ether oxygens (including phenoxy) is 4. The third-order valence-corrected chi connectivity index (χ3v) is 4.73. The Morgan fingerprint density at radius 1 is 1.07 bits per heavy atom. The van der Waals surface area contributed by atoms with Crippen molar-refractivity contribution in [2.45, 2.75) is 19.7 Å². The minimum atomic E-state index is -0.694. The van der Waals surface area contributed by atoms with Gasteiger partial charge in [-0.25, -0.2) is 4.68 Å². The third kappa shape index (κ3) is 3.36. The molecule has 10 heteroatoms. The van der Waals surface area contributed by atoms with Crippen molar-refractivity contribution in [1.29, 1.82) is 0 Å². The van der Waals surface area contributed by atoms with Gasteiger partial charge in [0.05, 0.1) is 32.4 Å². The summed E-state index contributed by atoms with van der Waals surface area (Å²) in [7, 11) is 4.60. The van der Waals surface area contributed by atoms with Gasteiger partial charge in [-0.2, -0.15) is 5.01 Å². The molecule has 30 heavy (non-hydrogen) atoms. The van der Waals surface area contributed by atoms with Crippen LogP contribution in [0.4, 0.5) is 0 Å². The van der Waals surface area contributed by atoms with E-state index in [2.05, 4.69) is 15.4 Å². The first-order chi connectivity index (χ1) is 14.5. The standard InChI is InChI=1S/C20H21N5O5/c1-12(26)25-19(11-24-15-8-6-5-7-14(15)21-23-24)30-20(22-25)13-9-17(28-3)18(29-4)10-16(13)27-2/h5-10,19H,11H2,1-4H3/t19-/m1/s1. The molecule has 4 rings (SSSR count). The van der Waals surface area contributed by atoms with Crippen LogP contribution in [0.15, 0.2) is 41.5 Å². The van der Waals surface area contributed by atoms with Crippen molar-refractivity contribution in [3.8, 4) is 17.2 Å². The van der Waals surface area contributed by atoms with E-state index in [0.29, 0.717) is 22.8 Å². The molecule has 0 fully saturated rings. The van der Waals surface area contributed by atoms with E-state index in [0.717, 1.165) is 11.0 Å². The third-order valence-electron chi connectivity index (χ3n) is 4.73. The molecule has 156 valence electrons. The summed E-state index contributed by atoms with van der Waals surface area (Å²) in [5.74, 6) is 1.43. The second-order valence-corrected chi connectivity index (χ2v) is 6.51. The largest absolute Gasteiger partial charge is 0.496 e. The van der Waals surface area contributed by atoms with Gasteiger partial charge in [0.25, 0.3) is 0 Å². The summed E-state index contributed by atoms with van der Waals surface area (Å²) in [6.07, 6.45) is -0.694. The monoisotopic (exact) mass is 411 g/mol. The minimum Gasteiger partial charge on any atom is -0.496 e. The topological polar surface area (TPSA) is 100 Å². The maximum atomic E-state index is 12.2. The van der Waals surface area contributed by atoms with Crippen LogP contribution in [0.3, 0.4) is 0 Å². The number of carbonyl (C=O) groups is 1. The van der Waals surface area contributed by atoms with E-state index in [9.17, 15) is 4.79 Å². The van der Waals surface area contributed by atoms with Crippen LogP contribution < -0.4 is 14.2 Å². The van der Waals surface area contributed by atoms with Crippen LogP contribution in [0.1, 0.15) is 12.5 Å². The van der Waals surface area contributed by atoms with Crippen LogP contribution >= 0.6 is 0 Å². The van der Waals surface area contributed by atoms with Crippen molar-refractivity contribution in [2.24, 2.45) is 5.10 Å². The molecule has 1 aliphatic rings. The lowest BCUT2D eigenvalue weighted by Gasteiger charge is -2.19. The molecule has 1 aromatic heterocycles. The van der Waals surface area contributed by atoms with Gasteiger partial charge in [0.15, 0.2) is 11.5 Å². The smallest absolute Gasteiger partial charge is 0.244 e. The normalized spacial score (nSPS) is 15.7. The van der Waals surface area contributed by atoms with Crippen LogP contribution in [0, 0.1) is 0 Å². The van der Waals surface area contributed by atoms with Crippen LogP contribution in [0.5, 0.6) is 17.2 Å². The molecular weight excluding hydrogens is 390 g/mol. The molecule has 10 nitrogen and oxygen atoms in total. The number of aromatic nitrogens is 3. The molecule has 0 unspecified atom stereocenters. The van der Waals surface area contributed by atoms with Gasteiger partial charge in [-0.15, -0.1) is 10.2 Å². The second kappa shape index (κ2) is 7.90. The number of amides is 1. The molecule has 3 aromatic rings. The molecule has 2 heterocycles. The van der Waals surface area contributed by atoms with Crippen molar-refractivity contribution in [1.82, 2.24) is 20.0 Å². The van der Waals surface area contributed by atoms with Crippen molar-refractivity contribution >= 4 is 22.8 Å². The van der Waals surface area contributed by atoms with E-state index in [1.54, 1.807) is 16.8 Å². The van der Waals surface area contributed by atoms with E-state index in [1.807, 2.05) is 24.3 Å². The van der Waals surface area contributed by atoms with Crippen molar-refractivity contribution < 1.29 is 23.7 Å². The number of rotatable bonds is 6. The number of hydrogen-bond acceptors (Lipinski definition) is 8. The molecule has 0 N–H and O–H groups in total. The number of nitrogens with zero attached hydrogens (tertiary/aromatic N) is 5. The summed E-state index contributed by atoms with van der Waals surface area (Å²) >= 11 is 0. The first kappa shape index (κ1) is 19.5. The molecule has 0 saturated carbocycles. The van der Waals surface area contributed by atoms with Gasteiger partial charge in [-0.05, 0) is 12.1 Å². The van der Waals surface area contributed by atoms with Crippen molar-refractivity contribution in [3.05, 3.63) is 42.0 Å². The average molecular weight is 411 g/mol. The van der Waals surface area contributed by atoms with Gasteiger partial charge >= 0.3 is 0 Å². The van der Waals surface area contributed by atoms with E-state index >= 15 is 0 Å². The van der Waals surface area contributed by atoms with E-state index in [4.69, 9.17) is 18.9 Å². The van der Waals surface area contributed by atoms with E-state index in [-0.39, 0.29) is 18.3 Å². The summed E-state index contributed by atoms with van der Waals surface area (Å²) in [4.78, 5) is 12.2. The molecule has 0 spiro atoms.